The first-order chi connectivity index (χ1) is 15.1. The topological polar surface area (TPSA) is 90.3 Å². The lowest BCUT2D eigenvalue weighted by Crippen LogP contribution is -2.09. The number of aromatic nitrogens is 4. The minimum atomic E-state index is 0.0165. The first-order valence-electron chi connectivity index (χ1n) is 10.1. The third-order valence-electron chi connectivity index (χ3n) is 5.39. The monoisotopic (exact) mass is 404 g/mol. The molecule has 5 rings (SSSR count). The van der Waals surface area contributed by atoms with Crippen molar-refractivity contribution in [2.75, 3.05) is 5.32 Å². The normalized spacial score (nSPS) is 12.0. The van der Waals surface area contributed by atoms with Gasteiger partial charge in [-0.15, -0.1) is 0 Å². The summed E-state index contributed by atoms with van der Waals surface area (Å²) in [7, 11) is 0. The summed E-state index contributed by atoms with van der Waals surface area (Å²) in [6.45, 7) is 3.98. The Bertz CT molecular complexity index is 1450. The van der Waals surface area contributed by atoms with E-state index in [9.17, 15) is 5.26 Å². The van der Waals surface area contributed by atoms with Crippen LogP contribution in [0.4, 0.5) is 5.69 Å². The molecule has 0 aliphatic rings. The highest BCUT2D eigenvalue weighted by atomic mass is 15.0. The third-order valence-corrected chi connectivity index (χ3v) is 5.39. The average molecular weight is 404 g/mol. The Morgan fingerprint density at radius 1 is 1.03 bits per heavy atom. The van der Waals surface area contributed by atoms with Crippen LogP contribution in [-0.2, 0) is 0 Å². The minimum Gasteiger partial charge on any atom is -0.377 e. The second-order valence-corrected chi connectivity index (χ2v) is 7.53. The summed E-state index contributed by atoms with van der Waals surface area (Å²) in [4.78, 5) is 16.9. The highest BCUT2D eigenvalue weighted by Gasteiger charge is 2.19. The predicted molar refractivity (Wildman–Crippen MR) is 123 cm³/mol. The summed E-state index contributed by atoms with van der Waals surface area (Å²) in [6.07, 6.45) is 1.73. The summed E-state index contributed by atoms with van der Waals surface area (Å²) in [5.41, 5.74) is 6.08. The number of aromatic amines is 1. The zero-order valence-electron chi connectivity index (χ0n) is 17.2. The van der Waals surface area contributed by atoms with Gasteiger partial charge in [0.1, 0.15) is 17.5 Å². The maximum Gasteiger partial charge on any atom is 0.177 e. The van der Waals surface area contributed by atoms with Crippen molar-refractivity contribution in [3.63, 3.8) is 0 Å². The first-order valence-corrected chi connectivity index (χ1v) is 10.1. The summed E-state index contributed by atoms with van der Waals surface area (Å²) in [6, 6.07) is 22.4. The number of nitrogens with one attached hydrogen (secondary N) is 2. The van der Waals surface area contributed by atoms with Crippen molar-refractivity contribution >= 4 is 27.8 Å². The summed E-state index contributed by atoms with van der Waals surface area (Å²) >= 11 is 0. The number of rotatable bonds is 4. The second kappa shape index (κ2) is 7.54. The molecule has 6 heteroatoms. The van der Waals surface area contributed by atoms with E-state index in [1.165, 1.54) is 0 Å². The van der Waals surface area contributed by atoms with E-state index >= 15 is 0 Å². The molecule has 2 N–H and O–H groups in total. The minimum absolute atomic E-state index is 0.0165. The molecular formula is C25H20N6. The van der Waals surface area contributed by atoms with Crippen LogP contribution in [0.3, 0.4) is 0 Å². The summed E-state index contributed by atoms with van der Waals surface area (Å²) in [5.74, 6) is 0.797. The number of para-hydroxylation sites is 1. The molecule has 1 atom stereocenters. The number of hydrogen-bond donors (Lipinski definition) is 2. The lowest BCUT2D eigenvalue weighted by Gasteiger charge is -2.20. The Hall–Kier alpha value is -4.24. The number of aryl methyl sites for hydroxylation is 1. The van der Waals surface area contributed by atoms with Gasteiger partial charge >= 0.3 is 0 Å². The van der Waals surface area contributed by atoms with E-state index in [1.54, 1.807) is 6.20 Å². The zero-order chi connectivity index (χ0) is 21.4. The van der Waals surface area contributed by atoms with Gasteiger partial charge < -0.3 is 10.3 Å². The van der Waals surface area contributed by atoms with Crippen molar-refractivity contribution in [3.8, 4) is 17.3 Å². The number of hydrogen-bond acceptors (Lipinski definition) is 5. The molecule has 0 aliphatic carbocycles. The Morgan fingerprint density at radius 2 is 1.81 bits per heavy atom. The van der Waals surface area contributed by atoms with Crippen molar-refractivity contribution < 1.29 is 0 Å². The standard InChI is InChI=1S/C25H20N6/c1-15(17-8-4-3-5-9-17)28-24-19-10-6-7-11-21(19)31-23(20(24)13-26)18-12-22-25(27-14-18)30-16(2)29-22/h3-12,14-15H,1-2H3,(H,28,31)(H,27,29,30). The number of nitrogens with zero attached hydrogens (tertiary/aromatic N) is 4. The van der Waals surface area contributed by atoms with E-state index in [0.29, 0.717) is 16.9 Å². The van der Waals surface area contributed by atoms with Crippen molar-refractivity contribution in [1.82, 2.24) is 19.9 Å². The van der Waals surface area contributed by atoms with E-state index in [0.717, 1.165) is 39.1 Å². The number of nitriles is 1. The number of H-pyrrole nitrogens is 1. The Balaban J connectivity index is 1.71. The van der Waals surface area contributed by atoms with E-state index in [1.807, 2.05) is 55.5 Å². The molecule has 0 aliphatic heterocycles. The van der Waals surface area contributed by atoms with Crippen LogP contribution in [0.5, 0.6) is 0 Å². The SMILES string of the molecule is Cc1nc2ncc(-c3nc4ccccc4c(NC(C)c4ccccc4)c3C#N)cc2[nH]1. The van der Waals surface area contributed by atoms with Crippen molar-refractivity contribution in [3.05, 3.63) is 83.8 Å². The maximum atomic E-state index is 10.2. The van der Waals surface area contributed by atoms with Crippen LogP contribution < -0.4 is 5.32 Å². The van der Waals surface area contributed by atoms with E-state index < -0.39 is 0 Å². The maximum absolute atomic E-state index is 10.2. The average Bonchev–Trinajstić information content (AvgIpc) is 3.18. The molecular weight excluding hydrogens is 384 g/mol. The van der Waals surface area contributed by atoms with Gasteiger partial charge in [-0.05, 0) is 31.5 Å². The molecule has 0 fully saturated rings. The Labute approximate surface area is 179 Å². The van der Waals surface area contributed by atoms with Crippen molar-refractivity contribution in [2.24, 2.45) is 0 Å². The Kier molecular flexibility index (Phi) is 4.57. The van der Waals surface area contributed by atoms with Crippen LogP contribution in [0.15, 0.2) is 66.9 Å². The van der Waals surface area contributed by atoms with Crippen LogP contribution >= 0.6 is 0 Å². The highest BCUT2D eigenvalue weighted by Crippen LogP contribution is 2.35. The highest BCUT2D eigenvalue weighted by molar-refractivity contribution is 5.98. The molecule has 6 nitrogen and oxygen atoms in total. The van der Waals surface area contributed by atoms with Gasteiger partial charge in [-0.3, -0.25) is 0 Å². The van der Waals surface area contributed by atoms with Gasteiger partial charge in [0.05, 0.1) is 22.4 Å². The largest absolute Gasteiger partial charge is 0.377 e. The van der Waals surface area contributed by atoms with E-state index in [-0.39, 0.29) is 6.04 Å². The smallest absolute Gasteiger partial charge is 0.177 e. The zero-order valence-corrected chi connectivity index (χ0v) is 17.2. The number of fused-ring (bicyclic) bond motifs is 2. The molecule has 0 radical (unpaired) electrons. The molecule has 2 aromatic carbocycles. The lowest BCUT2D eigenvalue weighted by molar-refractivity contribution is 0.886. The van der Waals surface area contributed by atoms with Gasteiger partial charge in [0.15, 0.2) is 5.65 Å². The molecule has 3 heterocycles. The van der Waals surface area contributed by atoms with Crippen molar-refractivity contribution in [2.45, 2.75) is 19.9 Å². The first kappa shape index (κ1) is 18.8. The second-order valence-electron chi connectivity index (χ2n) is 7.53. The molecule has 3 aromatic heterocycles. The number of anilines is 1. The fourth-order valence-corrected chi connectivity index (χ4v) is 3.87. The van der Waals surface area contributed by atoms with Crippen molar-refractivity contribution in [1.29, 1.82) is 5.26 Å². The van der Waals surface area contributed by atoms with Crippen LogP contribution in [0.2, 0.25) is 0 Å². The number of benzene rings is 2. The molecule has 31 heavy (non-hydrogen) atoms. The van der Waals surface area contributed by atoms with Crippen LogP contribution in [0, 0.1) is 18.3 Å². The van der Waals surface area contributed by atoms with Gasteiger partial charge in [-0.25, -0.2) is 15.0 Å². The number of pyridine rings is 2. The molecule has 1 unspecified atom stereocenters. The summed E-state index contributed by atoms with van der Waals surface area (Å²) < 4.78 is 0. The third kappa shape index (κ3) is 3.36. The molecule has 5 aromatic rings. The predicted octanol–water partition coefficient (Wildman–Crippen LogP) is 5.53. The van der Waals surface area contributed by atoms with Crippen LogP contribution in [0.25, 0.3) is 33.3 Å². The molecule has 0 amide bonds. The molecule has 0 saturated heterocycles. The quantitative estimate of drug-likeness (QED) is 0.411. The Morgan fingerprint density at radius 3 is 2.61 bits per heavy atom. The van der Waals surface area contributed by atoms with Crippen LogP contribution in [-0.4, -0.2) is 19.9 Å². The number of imidazole rings is 1. The fourth-order valence-electron chi connectivity index (χ4n) is 3.87. The molecule has 0 saturated carbocycles. The van der Waals surface area contributed by atoms with Gasteiger partial charge in [0.25, 0.3) is 0 Å². The fraction of sp³-hybridized carbons (Fsp3) is 0.120. The molecule has 0 bridgehead atoms. The van der Waals surface area contributed by atoms with E-state index in [2.05, 4.69) is 45.4 Å². The molecule has 0 spiro atoms. The van der Waals surface area contributed by atoms with Gasteiger partial charge in [-0.1, -0.05) is 48.5 Å². The summed E-state index contributed by atoms with van der Waals surface area (Å²) in [5, 5.41) is 14.6. The van der Waals surface area contributed by atoms with Gasteiger partial charge in [0.2, 0.25) is 0 Å². The van der Waals surface area contributed by atoms with Gasteiger partial charge in [-0.2, -0.15) is 5.26 Å². The van der Waals surface area contributed by atoms with E-state index in [4.69, 9.17) is 4.98 Å². The van der Waals surface area contributed by atoms with Crippen LogP contribution in [0.1, 0.15) is 29.9 Å². The lowest BCUT2D eigenvalue weighted by atomic mass is 10.0. The molecule has 150 valence electrons. The van der Waals surface area contributed by atoms with Gasteiger partial charge in [0, 0.05) is 23.2 Å².